The van der Waals surface area contributed by atoms with Gasteiger partial charge in [-0.25, -0.2) is 0 Å². The molecule has 2 heterocycles. The van der Waals surface area contributed by atoms with E-state index in [1.807, 2.05) is 20.8 Å². The number of esters is 1. The van der Waals surface area contributed by atoms with E-state index < -0.39 is 126 Å². The largest absolute Gasteiger partial charge is 0.432 e. The summed E-state index contributed by atoms with van der Waals surface area (Å²) in [6.07, 6.45) is -11.1. The molecule has 2 aliphatic heterocycles. The topological polar surface area (TPSA) is 256 Å². The van der Waals surface area contributed by atoms with Crippen molar-refractivity contribution in [1.82, 2.24) is 0 Å². The number of hydrogen-bond donors (Lipinski definition) is 10. The fraction of sp³-hybridized carbons (Fsp3) is 0.927. The second-order valence-corrected chi connectivity index (χ2v) is 20.2. The average molecular weight is 799 g/mol. The van der Waals surface area contributed by atoms with Gasteiger partial charge in [0.2, 0.25) is 6.29 Å². The van der Waals surface area contributed by atoms with Gasteiger partial charge in [-0.05, 0) is 84.9 Å². The number of aliphatic hydroxyl groups is 10. The molecule has 56 heavy (non-hydrogen) atoms. The summed E-state index contributed by atoms with van der Waals surface area (Å²) >= 11 is 0. The van der Waals surface area contributed by atoms with E-state index in [0.29, 0.717) is 38.5 Å². The lowest BCUT2D eigenvalue weighted by Crippen LogP contribution is -2.69. The molecule has 0 aromatic heterocycles. The molecule has 2 saturated heterocycles. The van der Waals surface area contributed by atoms with E-state index in [0.717, 1.165) is 18.4 Å². The highest BCUT2D eigenvalue weighted by Gasteiger charge is 2.72. The Labute approximate surface area is 328 Å². The maximum absolute atomic E-state index is 15.0. The molecule has 15 nitrogen and oxygen atoms in total. The predicted molar refractivity (Wildman–Crippen MR) is 196 cm³/mol. The standard InChI is InChI=1S/C41H66O15/c1-36(2)11-13-41(35(52)56-34-30(28(48)27(47)22(16-42)54-34)55-33-29(49)26(46)21(45)17-53-33)14-12-39(5)19(25(41)32(36)51)7-8-24-37(3)15-20(44)31(50)38(4,18-43)23(37)9-10-40(24,39)6/h7,20-34,42-51H,8-18H2,1-6H3. The maximum atomic E-state index is 15.0. The van der Waals surface area contributed by atoms with Crippen LogP contribution >= 0.6 is 0 Å². The zero-order chi connectivity index (χ0) is 41.1. The molecule has 15 heteroatoms. The number of carbonyl (C=O) groups is 1. The smallest absolute Gasteiger partial charge is 0.315 e. The van der Waals surface area contributed by atoms with Crippen LogP contribution in [0.25, 0.3) is 0 Å². The minimum Gasteiger partial charge on any atom is -0.432 e. The summed E-state index contributed by atoms with van der Waals surface area (Å²) < 4.78 is 23.3. The molecule has 0 radical (unpaired) electrons. The Morgan fingerprint density at radius 2 is 1.46 bits per heavy atom. The first-order chi connectivity index (χ1) is 26.1. The van der Waals surface area contributed by atoms with Gasteiger partial charge in [-0.2, -0.15) is 0 Å². The summed E-state index contributed by atoms with van der Waals surface area (Å²) in [5.41, 5.74) is -2.95. The van der Waals surface area contributed by atoms with Gasteiger partial charge in [-0.15, -0.1) is 0 Å². The Morgan fingerprint density at radius 3 is 2.12 bits per heavy atom. The third-order valence-corrected chi connectivity index (χ3v) is 17.1. The van der Waals surface area contributed by atoms with Crippen LogP contribution in [0, 0.1) is 50.2 Å². The van der Waals surface area contributed by atoms with Gasteiger partial charge in [0.05, 0.1) is 43.5 Å². The van der Waals surface area contributed by atoms with Crippen molar-refractivity contribution in [3.05, 3.63) is 11.6 Å². The lowest BCUT2D eigenvalue weighted by Gasteiger charge is -2.71. The van der Waals surface area contributed by atoms with Crippen LogP contribution in [0.5, 0.6) is 0 Å². The molecule has 20 unspecified atom stereocenters. The van der Waals surface area contributed by atoms with Crippen molar-refractivity contribution in [3.8, 4) is 0 Å². The summed E-state index contributed by atoms with van der Waals surface area (Å²) in [7, 11) is 0. The van der Waals surface area contributed by atoms with Gasteiger partial charge in [0, 0.05) is 11.3 Å². The first kappa shape index (κ1) is 42.8. The number of fused-ring (bicyclic) bond motifs is 7. The van der Waals surface area contributed by atoms with Gasteiger partial charge in [0.1, 0.15) is 36.6 Å². The van der Waals surface area contributed by atoms with Crippen LogP contribution in [0.4, 0.5) is 0 Å². The molecule has 20 atom stereocenters. The zero-order valence-electron chi connectivity index (χ0n) is 33.5. The number of carbonyl (C=O) groups excluding carboxylic acids is 1. The number of rotatable bonds is 6. The fourth-order valence-corrected chi connectivity index (χ4v) is 13.3. The predicted octanol–water partition coefficient (Wildman–Crippen LogP) is -0.131. The molecule has 4 saturated carbocycles. The molecule has 0 spiro atoms. The summed E-state index contributed by atoms with van der Waals surface area (Å²) in [6.45, 7) is 11.2. The second-order valence-electron chi connectivity index (χ2n) is 20.2. The van der Waals surface area contributed by atoms with E-state index in [-0.39, 0.29) is 23.9 Å². The second kappa shape index (κ2) is 14.4. The van der Waals surface area contributed by atoms with Crippen LogP contribution in [0.3, 0.4) is 0 Å². The van der Waals surface area contributed by atoms with E-state index in [4.69, 9.17) is 18.9 Å². The van der Waals surface area contributed by atoms with E-state index in [1.54, 1.807) is 0 Å². The number of allylic oxidation sites excluding steroid dienone is 1. The van der Waals surface area contributed by atoms with Gasteiger partial charge < -0.3 is 70.0 Å². The summed E-state index contributed by atoms with van der Waals surface area (Å²) in [5.74, 6) is -1.35. The Balaban J connectivity index is 1.24. The molecule has 6 fully saturated rings. The Morgan fingerprint density at radius 1 is 0.786 bits per heavy atom. The number of aliphatic hydroxyl groups excluding tert-OH is 10. The SMILES string of the molecule is CC1(C)CCC2(C(=O)OC3OC(CO)C(O)C(O)C3OC3OCC(O)C(O)C3O)CCC3(C)C(=CCC4C5(C)CC(O)C(O)C(C)(CO)C5CCC43C)C2C1O. The van der Waals surface area contributed by atoms with Crippen molar-refractivity contribution < 1.29 is 74.8 Å². The minimum absolute atomic E-state index is 0.0392. The van der Waals surface area contributed by atoms with Crippen molar-refractivity contribution in [3.63, 3.8) is 0 Å². The third-order valence-electron chi connectivity index (χ3n) is 17.1. The molecule has 0 bridgehead atoms. The van der Waals surface area contributed by atoms with Crippen molar-refractivity contribution in [2.45, 2.75) is 167 Å². The first-order valence-electron chi connectivity index (χ1n) is 20.6. The van der Waals surface area contributed by atoms with Crippen molar-refractivity contribution in [2.24, 2.45) is 50.2 Å². The molecule has 7 rings (SSSR count). The van der Waals surface area contributed by atoms with Crippen LogP contribution in [-0.2, 0) is 23.7 Å². The Hall–Kier alpha value is -1.31. The normalized spacial score (nSPS) is 55.4. The van der Waals surface area contributed by atoms with Gasteiger partial charge in [-0.3, -0.25) is 4.79 Å². The summed E-state index contributed by atoms with van der Waals surface area (Å²) in [6, 6.07) is 0. The van der Waals surface area contributed by atoms with Crippen LogP contribution < -0.4 is 0 Å². The van der Waals surface area contributed by atoms with Crippen LogP contribution in [0.1, 0.15) is 92.9 Å². The lowest BCUT2D eigenvalue weighted by molar-refractivity contribution is -0.352. The van der Waals surface area contributed by atoms with E-state index >= 15 is 0 Å². The average Bonchev–Trinajstić information content (AvgIpc) is 3.15. The zero-order valence-corrected chi connectivity index (χ0v) is 33.5. The third kappa shape index (κ3) is 5.96. The maximum Gasteiger partial charge on any atom is 0.315 e. The van der Waals surface area contributed by atoms with Gasteiger partial charge in [0.15, 0.2) is 12.4 Å². The molecule has 0 aromatic carbocycles. The Kier molecular flexibility index (Phi) is 11.0. The van der Waals surface area contributed by atoms with Gasteiger partial charge in [0.25, 0.3) is 0 Å². The summed E-state index contributed by atoms with van der Waals surface area (Å²) in [5, 5.41) is 108. The van der Waals surface area contributed by atoms with Gasteiger partial charge in [-0.1, -0.05) is 53.2 Å². The van der Waals surface area contributed by atoms with Crippen LogP contribution in [0.2, 0.25) is 0 Å². The molecule has 7 aliphatic rings. The van der Waals surface area contributed by atoms with Crippen molar-refractivity contribution in [1.29, 1.82) is 0 Å². The number of hydrogen-bond acceptors (Lipinski definition) is 15. The molecule has 10 N–H and O–H groups in total. The Bertz CT molecular complexity index is 1520. The van der Waals surface area contributed by atoms with E-state index in [1.165, 1.54) is 0 Å². The molecular weight excluding hydrogens is 732 g/mol. The van der Waals surface area contributed by atoms with Crippen molar-refractivity contribution >= 4 is 5.97 Å². The quantitative estimate of drug-likeness (QED) is 0.124. The lowest BCUT2D eigenvalue weighted by atomic mass is 9.33. The monoisotopic (exact) mass is 798 g/mol. The first-order valence-corrected chi connectivity index (χ1v) is 20.6. The van der Waals surface area contributed by atoms with Crippen LogP contribution in [0.15, 0.2) is 11.6 Å². The molecule has 5 aliphatic carbocycles. The number of ether oxygens (including phenoxy) is 4. The van der Waals surface area contributed by atoms with E-state index in [9.17, 15) is 55.9 Å². The highest BCUT2D eigenvalue weighted by atomic mass is 16.8. The van der Waals surface area contributed by atoms with Crippen LogP contribution in [-0.4, -0.2) is 150 Å². The molecule has 0 amide bonds. The molecule has 0 aromatic rings. The molecular formula is C41H66O15. The highest BCUT2D eigenvalue weighted by molar-refractivity contribution is 5.79. The van der Waals surface area contributed by atoms with Gasteiger partial charge >= 0.3 is 5.97 Å². The van der Waals surface area contributed by atoms with Crippen molar-refractivity contribution in [2.75, 3.05) is 19.8 Å². The minimum atomic E-state index is -1.79. The highest BCUT2D eigenvalue weighted by Crippen LogP contribution is 2.76. The molecule has 320 valence electrons. The van der Waals surface area contributed by atoms with E-state index in [2.05, 4.69) is 26.8 Å². The fourth-order valence-electron chi connectivity index (χ4n) is 13.3. The summed E-state index contributed by atoms with van der Waals surface area (Å²) in [4.78, 5) is 15.0.